The average Bonchev–Trinajstić information content (AvgIpc) is 3.36. The molecule has 0 radical (unpaired) electrons. The molecule has 0 saturated carbocycles. The molecule has 306 valence electrons. The predicted octanol–water partition coefficient (Wildman–Crippen LogP) is 5.61. The van der Waals surface area contributed by atoms with Gasteiger partial charge in [-0.25, -0.2) is 14.4 Å². The van der Waals surface area contributed by atoms with Crippen LogP contribution in [0.25, 0.3) is 0 Å². The SMILES string of the molecule is CN(C)CCOC(=O)c1ccc(N2CCN(C(=O)[C@@H](Cc3cc(Cl)c(N)c(C(F)(F)F)c3)OC(=O)N3CCC(N4CCc5ccccc5NC4=O)CC3)CC2)cc1. The zero-order valence-electron chi connectivity index (χ0n) is 31.9. The van der Waals surface area contributed by atoms with Crippen LogP contribution in [0, 0.1) is 0 Å². The molecule has 3 aromatic rings. The molecule has 3 N–H and O–H groups in total. The largest absolute Gasteiger partial charge is 0.461 e. The number of hydrogen-bond donors (Lipinski definition) is 2. The van der Waals surface area contributed by atoms with Crippen LogP contribution in [0.3, 0.4) is 0 Å². The number of rotatable bonds is 10. The number of fused-ring (bicyclic) bond motifs is 1. The molecule has 0 aromatic heterocycles. The first-order valence-electron chi connectivity index (χ1n) is 18.9. The first-order chi connectivity index (χ1) is 27.2. The molecule has 0 aliphatic carbocycles. The van der Waals surface area contributed by atoms with E-state index in [4.69, 9.17) is 26.8 Å². The molecule has 3 heterocycles. The molecule has 0 spiro atoms. The Morgan fingerprint density at radius 1 is 0.947 bits per heavy atom. The summed E-state index contributed by atoms with van der Waals surface area (Å²) < 4.78 is 52.8. The van der Waals surface area contributed by atoms with Gasteiger partial charge in [0.25, 0.3) is 5.91 Å². The minimum atomic E-state index is -4.81. The summed E-state index contributed by atoms with van der Waals surface area (Å²) in [5.74, 6) is -0.985. The Morgan fingerprint density at radius 2 is 1.63 bits per heavy atom. The maximum atomic E-state index is 14.1. The van der Waals surface area contributed by atoms with E-state index < -0.39 is 41.5 Å². The van der Waals surface area contributed by atoms with E-state index in [2.05, 4.69) is 5.32 Å². The van der Waals surface area contributed by atoms with Gasteiger partial charge in [0.05, 0.1) is 21.8 Å². The van der Waals surface area contributed by atoms with Gasteiger partial charge in [-0.05, 0) is 86.9 Å². The van der Waals surface area contributed by atoms with Gasteiger partial charge in [0, 0.05) is 76.2 Å². The summed E-state index contributed by atoms with van der Waals surface area (Å²) in [7, 11) is 3.77. The van der Waals surface area contributed by atoms with E-state index in [1.165, 1.54) is 15.9 Å². The van der Waals surface area contributed by atoms with Crippen LogP contribution in [-0.4, -0.2) is 129 Å². The number of para-hydroxylation sites is 1. The van der Waals surface area contributed by atoms with E-state index in [1.807, 2.05) is 48.2 Å². The van der Waals surface area contributed by atoms with Gasteiger partial charge in [-0.2, -0.15) is 13.2 Å². The van der Waals surface area contributed by atoms with Crippen molar-refractivity contribution in [2.45, 2.75) is 44.0 Å². The Bertz CT molecular complexity index is 1930. The highest BCUT2D eigenvalue weighted by Gasteiger charge is 2.38. The molecular weight excluding hydrogens is 767 g/mol. The minimum Gasteiger partial charge on any atom is -0.461 e. The van der Waals surface area contributed by atoms with E-state index in [0.29, 0.717) is 51.0 Å². The highest BCUT2D eigenvalue weighted by molar-refractivity contribution is 6.33. The first-order valence-corrected chi connectivity index (χ1v) is 19.3. The highest BCUT2D eigenvalue weighted by Crippen LogP contribution is 2.38. The topological polar surface area (TPSA) is 141 Å². The second-order valence-corrected chi connectivity index (χ2v) is 15.1. The van der Waals surface area contributed by atoms with Gasteiger partial charge in [-0.3, -0.25) is 4.79 Å². The Morgan fingerprint density at radius 3 is 2.30 bits per heavy atom. The second-order valence-electron chi connectivity index (χ2n) is 14.7. The number of benzene rings is 3. The monoisotopic (exact) mass is 813 g/mol. The number of alkyl halides is 3. The summed E-state index contributed by atoms with van der Waals surface area (Å²) in [4.78, 5) is 62.0. The number of carbonyl (C=O) groups excluding carboxylic acids is 4. The van der Waals surface area contributed by atoms with Crippen molar-refractivity contribution >= 4 is 52.7 Å². The summed E-state index contributed by atoms with van der Waals surface area (Å²) in [5, 5.41) is 2.64. The second kappa shape index (κ2) is 17.9. The number of halogens is 4. The number of urea groups is 1. The van der Waals surface area contributed by atoms with Crippen LogP contribution in [-0.2, 0) is 33.3 Å². The van der Waals surface area contributed by atoms with Crippen molar-refractivity contribution in [2.75, 3.05) is 89.0 Å². The fourth-order valence-electron chi connectivity index (χ4n) is 7.32. The number of piperidine rings is 1. The fraction of sp³-hybridized carbons (Fsp3) is 0.450. The number of likely N-dealkylation sites (N-methyl/N-ethyl adjacent to an activating group) is 1. The van der Waals surface area contributed by atoms with Crippen molar-refractivity contribution in [1.29, 1.82) is 0 Å². The molecular formula is C40H47ClF3N7O6. The molecule has 3 aliphatic heterocycles. The number of nitrogens with zero attached hydrogens (tertiary/aromatic N) is 5. The summed E-state index contributed by atoms with van der Waals surface area (Å²) >= 11 is 6.12. The molecule has 6 rings (SSSR count). The van der Waals surface area contributed by atoms with Crippen molar-refractivity contribution < 1.29 is 41.8 Å². The van der Waals surface area contributed by atoms with Crippen molar-refractivity contribution in [3.8, 4) is 0 Å². The Kier molecular flexibility index (Phi) is 13.0. The van der Waals surface area contributed by atoms with Crippen LogP contribution in [0.2, 0.25) is 5.02 Å². The number of nitrogens with one attached hydrogen (secondary N) is 1. The lowest BCUT2D eigenvalue weighted by Gasteiger charge is -2.39. The van der Waals surface area contributed by atoms with Gasteiger partial charge < -0.3 is 45.0 Å². The molecule has 0 bridgehead atoms. The standard InChI is InChI=1S/C40H47ClF3N7O6/c1-47(2)21-22-56-37(53)28-7-9-29(10-8-28)48-17-19-49(20-18-48)36(52)34(25-26-23-31(40(42,43)44)35(45)32(41)24-26)57-39(55)50-14-12-30(13-15-50)51-16-11-27-5-3-4-6-33(27)46-38(51)54/h3-10,23-24,30,34H,11-22,25,45H2,1-2H3,(H,46,54)/t34-/m1/s1. The van der Waals surface area contributed by atoms with E-state index >= 15 is 0 Å². The molecule has 17 heteroatoms. The molecule has 3 aliphatic rings. The molecule has 2 fully saturated rings. The number of amides is 4. The maximum absolute atomic E-state index is 14.1. The highest BCUT2D eigenvalue weighted by atomic mass is 35.5. The number of anilines is 3. The van der Waals surface area contributed by atoms with Crippen LogP contribution in [0.1, 0.15) is 39.9 Å². The molecule has 57 heavy (non-hydrogen) atoms. The van der Waals surface area contributed by atoms with Crippen molar-refractivity contribution in [2.24, 2.45) is 0 Å². The number of piperazine rings is 1. The van der Waals surface area contributed by atoms with Crippen LogP contribution >= 0.6 is 11.6 Å². The number of carbonyl (C=O) groups is 4. The molecule has 2 saturated heterocycles. The van der Waals surface area contributed by atoms with Gasteiger partial charge in [0.1, 0.15) is 6.61 Å². The predicted molar refractivity (Wildman–Crippen MR) is 209 cm³/mol. The number of nitrogen functional groups attached to an aromatic ring is 1. The molecule has 13 nitrogen and oxygen atoms in total. The van der Waals surface area contributed by atoms with Gasteiger partial charge in [0.2, 0.25) is 0 Å². The van der Waals surface area contributed by atoms with E-state index in [-0.39, 0.29) is 61.9 Å². The number of nitrogens with two attached hydrogens (primary N) is 1. The lowest BCUT2D eigenvalue weighted by atomic mass is 10.0. The molecule has 4 amide bonds. The zero-order valence-corrected chi connectivity index (χ0v) is 32.7. The van der Waals surface area contributed by atoms with Crippen molar-refractivity contribution in [3.63, 3.8) is 0 Å². The maximum Gasteiger partial charge on any atom is 0.418 e. The van der Waals surface area contributed by atoms with Crippen LogP contribution in [0.15, 0.2) is 60.7 Å². The Hall–Kier alpha value is -5.22. The number of ether oxygens (including phenoxy) is 2. The summed E-state index contributed by atoms with van der Waals surface area (Å²) in [5.41, 5.74) is 6.97. The Labute approximate surface area is 334 Å². The fourth-order valence-corrected chi connectivity index (χ4v) is 7.56. The minimum absolute atomic E-state index is 0.0264. The van der Waals surface area contributed by atoms with Crippen LogP contribution < -0.4 is 16.0 Å². The normalized spacial score (nSPS) is 17.1. The van der Waals surface area contributed by atoms with E-state index in [0.717, 1.165) is 23.0 Å². The lowest BCUT2D eigenvalue weighted by molar-refractivity contribution is -0.141. The average molecular weight is 814 g/mol. The van der Waals surface area contributed by atoms with E-state index in [1.54, 1.807) is 29.2 Å². The third-order valence-electron chi connectivity index (χ3n) is 10.6. The molecule has 3 aromatic carbocycles. The number of esters is 1. The van der Waals surface area contributed by atoms with Gasteiger partial charge >= 0.3 is 24.3 Å². The summed E-state index contributed by atoms with van der Waals surface area (Å²) in [6, 6.07) is 16.3. The van der Waals surface area contributed by atoms with Gasteiger partial charge in [-0.1, -0.05) is 29.8 Å². The van der Waals surface area contributed by atoms with Crippen molar-refractivity contribution in [1.82, 2.24) is 19.6 Å². The Balaban J connectivity index is 1.10. The molecule has 1 atom stereocenters. The third kappa shape index (κ3) is 10.2. The lowest BCUT2D eigenvalue weighted by Crippen LogP contribution is -2.54. The molecule has 0 unspecified atom stereocenters. The van der Waals surface area contributed by atoms with Crippen LogP contribution in [0.5, 0.6) is 0 Å². The van der Waals surface area contributed by atoms with E-state index in [9.17, 15) is 32.3 Å². The smallest absolute Gasteiger partial charge is 0.418 e. The number of likely N-dealkylation sites (tertiary alicyclic amines) is 1. The van der Waals surface area contributed by atoms with Crippen LogP contribution in [0.4, 0.5) is 39.8 Å². The summed E-state index contributed by atoms with van der Waals surface area (Å²) in [6.07, 6.45) is -5.79. The van der Waals surface area contributed by atoms with Gasteiger partial charge in [0.15, 0.2) is 6.10 Å². The first kappa shape index (κ1) is 41.4. The third-order valence-corrected chi connectivity index (χ3v) is 10.9. The number of hydrogen-bond acceptors (Lipinski definition) is 9. The van der Waals surface area contributed by atoms with Gasteiger partial charge in [-0.15, -0.1) is 0 Å². The zero-order chi connectivity index (χ0) is 40.9. The quantitative estimate of drug-likeness (QED) is 0.198. The van der Waals surface area contributed by atoms with Crippen molar-refractivity contribution in [3.05, 3.63) is 87.9 Å². The summed E-state index contributed by atoms with van der Waals surface area (Å²) in [6.45, 7) is 3.18.